The van der Waals surface area contributed by atoms with Crippen LogP contribution in [0.3, 0.4) is 0 Å². The van der Waals surface area contributed by atoms with Gasteiger partial charge in [-0.15, -0.1) is 5.10 Å². The fourth-order valence-corrected chi connectivity index (χ4v) is 3.01. The lowest BCUT2D eigenvalue weighted by molar-refractivity contribution is 0.664. The third kappa shape index (κ3) is 2.85. The normalized spacial score (nSPS) is 12.7. The van der Waals surface area contributed by atoms with Crippen LogP contribution in [0, 0.1) is 0 Å². The summed E-state index contributed by atoms with van der Waals surface area (Å²) in [6, 6.07) is 6.07. The Kier molecular flexibility index (Phi) is 3.80. The predicted octanol–water partition coefficient (Wildman–Crippen LogP) is 2.14. The van der Waals surface area contributed by atoms with Crippen molar-refractivity contribution in [1.82, 2.24) is 20.2 Å². The maximum atomic E-state index is 5.85. The van der Waals surface area contributed by atoms with E-state index in [4.69, 9.17) is 5.73 Å². The van der Waals surface area contributed by atoms with E-state index < -0.39 is 0 Å². The van der Waals surface area contributed by atoms with Crippen molar-refractivity contribution in [2.24, 2.45) is 12.8 Å². The van der Waals surface area contributed by atoms with Gasteiger partial charge in [-0.1, -0.05) is 22.0 Å². The molecule has 0 radical (unpaired) electrons. The molecule has 0 aliphatic rings. The van der Waals surface area contributed by atoms with Crippen LogP contribution in [-0.4, -0.2) is 20.2 Å². The van der Waals surface area contributed by atoms with Crippen molar-refractivity contribution in [1.29, 1.82) is 0 Å². The fraction of sp³-hybridized carbons (Fsp3) is 0.300. The van der Waals surface area contributed by atoms with E-state index in [2.05, 4.69) is 31.5 Å². The summed E-state index contributed by atoms with van der Waals surface area (Å²) in [6.45, 7) is 1.96. The first-order chi connectivity index (χ1) is 8.08. The molecule has 1 unspecified atom stereocenters. The number of hydrogen-bond donors (Lipinski definition) is 1. The molecule has 0 amide bonds. The molecule has 1 aromatic heterocycles. The minimum absolute atomic E-state index is 0.0138. The van der Waals surface area contributed by atoms with E-state index in [9.17, 15) is 0 Å². The maximum Gasteiger partial charge on any atom is 0.213 e. The van der Waals surface area contributed by atoms with Gasteiger partial charge in [-0.3, -0.25) is 0 Å². The van der Waals surface area contributed by atoms with Crippen LogP contribution in [0.15, 0.2) is 32.7 Å². The highest BCUT2D eigenvalue weighted by Crippen LogP contribution is 2.30. The summed E-state index contributed by atoms with van der Waals surface area (Å²) in [5, 5.41) is 12.1. The first kappa shape index (κ1) is 12.5. The molecule has 5 nitrogen and oxygen atoms in total. The van der Waals surface area contributed by atoms with Gasteiger partial charge in [0.2, 0.25) is 5.16 Å². The van der Waals surface area contributed by atoms with Crippen LogP contribution in [-0.2, 0) is 7.05 Å². The van der Waals surface area contributed by atoms with Gasteiger partial charge >= 0.3 is 0 Å². The highest BCUT2D eigenvalue weighted by Gasteiger charge is 2.09. The Hall–Kier alpha value is -0.920. The van der Waals surface area contributed by atoms with E-state index in [0.29, 0.717) is 0 Å². The van der Waals surface area contributed by atoms with E-state index in [1.807, 2.05) is 32.2 Å². The van der Waals surface area contributed by atoms with Gasteiger partial charge in [0.1, 0.15) is 0 Å². The first-order valence-electron chi connectivity index (χ1n) is 5.03. The molecule has 2 N–H and O–H groups in total. The van der Waals surface area contributed by atoms with Crippen LogP contribution in [0.25, 0.3) is 0 Å². The molecule has 1 heterocycles. The Morgan fingerprint density at radius 3 is 2.76 bits per heavy atom. The highest BCUT2D eigenvalue weighted by atomic mass is 79.9. The second-order valence-electron chi connectivity index (χ2n) is 3.66. The Morgan fingerprint density at radius 2 is 2.24 bits per heavy atom. The van der Waals surface area contributed by atoms with E-state index in [1.165, 1.54) is 11.8 Å². The van der Waals surface area contributed by atoms with Gasteiger partial charge in [-0.2, -0.15) is 0 Å². The largest absolute Gasteiger partial charge is 0.324 e. The number of nitrogens with two attached hydrogens (primary N) is 1. The molecule has 0 saturated carbocycles. The summed E-state index contributed by atoms with van der Waals surface area (Å²) in [5.41, 5.74) is 6.94. The molecule has 17 heavy (non-hydrogen) atoms. The fourth-order valence-electron chi connectivity index (χ4n) is 1.35. The van der Waals surface area contributed by atoms with Gasteiger partial charge < -0.3 is 5.73 Å². The molecule has 7 heteroatoms. The van der Waals surface area contributed by atoms with Gasteiger partial charge in [0, 0.05) is 22.5 Å². The molecular formula is C10H12BrN5S. The lowest BCUT2D eigenvalue weighted by Gasteiger charge is -2.09. The quantitative estimate of drug-likeness (QED) is 0.940. The van der Waals surface area contributed by atoms with Gasteiger partial charge in [0.05, 0.1) is 0 Å². The van der Waals surface area contributed by atoms with Crippen LogP contribution in [0.5, 0.6) is 0 Å². The average Bonchev–Trinajstić information content (AvgIpc) is 2.64. The molecule has 2 rings (SSSR count). The molecule has 0 saturated heterocycles. The predicted molar refractivity (Wildman–Crippen MR) is 69.7 cm³/mol. The average molecular weight is 314 g/mol. The van der Waals surface area contributed by atoms with Crippen molar-refractivity contribution < 1.29 is 0 Å². The molecule has 0 fully saturated rings. The SMILES string of the molecule is CC(N)c1ccc(Sc2nnnn2C)cc1Br. The van der Waals surface area contributed by atoms with E-state index in [-0.39, 0.29) is 6.04 Å². The minimum Gasteiger partial charge on any atom is -0.324 e. The standard InChI is InChI=1S/C10H12BrN5S/c1-6(12)8-4-3-7(5-9(8)11)17-10-13-14-15-16(10)2/h3-6H,12H2,1-2H3. The summed E-state index contributed by atoms with van der Waals surface area (Å²) >= 11 is 5.03. The molecule has 1 atom stereocenters. The van der Waals surface area contributed by atoms with Crippen LogP contribution in [0.4, 0.5) is 0 Å². The van der Waals surface area contributed by atoms with Crippen molar-refractivity contribution in [3.05, 3.63) is 28.2 Å². The molecule has 2 aromatic rings. The van der Waals surface area contributed by atoms with Crippen molar-refractivity contribution in [2.75, 3.05) is 0 Å². The summed E-state index contributed by atoms with van der Waals surface area (Å²) in [4.78, 5) is 1.07. The van der Waals surface area contributed by atoms with Crippen LogP contribution in [0.2, 0.25) is 0 Å². The number of hydrogen-bond acceptors (Lipinski definition) is 5. The number of benzene rings is 1. The summed E-state index contributed by atoms with van der Waals surface area (Å²) in [5.74, 6) is 0. The Morgan fingerprint density at radius 1 is 1.47 bits per heavy atom. The second-order valence-corrected chi connectivity index (χ2v) is 5.55. The van der Waals surface area contributed by atoms with Gasteiger partial charge in [-0.05, 0) is 46.8 Å². The Balaban J connectivity index is 2.24. The van der Waals surface area contributed by atoms with Gasteiger partial charge in [0.25, 0.3) is 0 Å². The van der Waals surface area contributed by atoms with Gasteiger partial charge in [-0.25, -0.2) is 4.68 Å². The second kappa shape index (κ2) is 5.16. The number of tetrazole rings is 1. The number of rotatable bonds is 3. The summed E-state index contributed by atoms with van der Waals surface area (Å²) in [7, 11) is 1.81. The third-order valence-corrected chi connectivity index (χ3v) is 3.96. The number of nitrogens with zero attached hydrogens (tertiary/aromatic N) is 4. The van der Waals surface area contributed by atoms with E-state index in [1.54, 1.807) is 4.68 Å². The molecule has 0 aliphatic heterocycles. The van der Waals surface area contributed by atoms with Crippen molar-refractivity contribution in [3.63, 3.8) is 0 Å². The van der Waals surface area contributed by atoms with Crippen molar-refractivity contribution >= 4 is 27.7 Å². The Labute approximate surface area is 112 Å². The lowest BCUT2D eigenvalue weighted by Crippen LogP contribution is -2.05. The third-order valence-electron chi connectivity index (χ3n) is 2.25. The molecule has 0 spiro atoms. The molecule has 0 aliphatic carbocycles. The molecule has 90 valence electrons. The first-order valence-corrected chi connectivity index (χ1v) is 6.64. The number of aromatic nitrogens is 4. The van der Waals surface area contributed by atoms with E-state index in [0.717, 1.165) is 20.1 Å². The zero-order chi connectivity index (χ0) is 12.4. The van der Waals surface area contributed by atoms with Crippen LogP contribution in [0.1, 0.15) is 18.5 Å². The Bertz CT molecular complexity index is 525. The minimum atomic E-state index is 0.0138. The molecule has 1 aromatic carbocycles. The number of aryl methyl sites for hydroxylation is 1. The topological polar surface area (TPSA) is 69.6 Å². The van der Waals surface area contributed by atoms with Crippen molar-refractivity contribution in [3.8, 4) is 0 Å². The zero-order valence-corrected chi connectivity index (χ0v) is 11.9. The van der Waals surface area contributed by atoms with Crippen LogP contribution < -0.4 is 5.73 Å². The maximum absolute atomic E-state index is 5.85. The molecular weight excluding hydrogens is 302 g/mol. The van der Waals surface area contributed by atoms with Crippen LogP contribution >= 0.6 is 27.7 Å². The zero-order valence-electron chi connectivity index (χ0n) is 9.46. The van der Waals surface area contributed by atoms with Gasteiger partial charge in [0.15, 0.2) is 0 Å². The molecule has 0 bridgehead atoms. The number of halogens is 1. The van der Waals surface area contributed by atoms with E-state index >= 15 is 0 Å². The lowest BCUT2D eigenvalue weighted by atomic mass is 10.1. The monoisotopic (exact) mass is 313 g/mol. The highest BCUT2D eigenvalue weighted by molar-refractivity contribution is 9.10. The summed E-state index contributed by atoms with van der Waals surface area (Å²) < 4.78 is 2.64. The summed E-state index contributed by atoms with van der Waals surface area (Å²) in [6.07, 6.45) is 0. The smallest absolute Gasteiger partial charge is 0.213 e. The van der Waals surface area contributed by atoms with Crippen molar-refractivity contribution in [2.45, 2.75) is 23.0 Å².